The predicted octanol–water partition coefficient (Wildman–Crippen LogP) is 3.20. The molecule has 4 nitrogen and oxygen atoms in total. The van der Waals surface area contributed by atoms with Crippen LogP contribution >= 0.6 is 11.8 Å². The molecule has 0 atom stereocenters. The van der Waals surface area contributed by atoms with E-state index in [1.165, 1.54) is 11.8 Å². The van der Waals surface area contributed by atoms with Gasteiger partial charge in [0.2, 0.25) is 0 Å². The van der Waals surface area contributed by atoms with Gasteiger partial charge >= 0.3 is 5.97 Å². The van der Waals surface area contributed by atoms with E-state index in [1.54, 1.807) is 24.3 Å². The van der Waals surface area contributed by atoms with Gasteiger partial charge in [-0.2, -0.15) is 0 Å². The number of carbonyl (C=O) groups excluding carboxylic acids is 2. The number of ether oxygens (including phenoxy) is 1. The molecule has 0 aliphatic rings. The molecular formula is C16H15NO3S. The van der Waals surface area contributed by atoms with Crippen LogP contribution in [0, 0.1) is 0 Å². The number of anilines is 1. The molecule has 2 aromatic rings. The van der Waals surface area contributed by atoms with Crippen molar-refractivity contribution in [3.05, 3.63) is 60.2 Å². The maximum absolute atomic E-state index is 11.8. The fourth-order valence-electron chi connectivity index (χ4n) is 1.72. The van der Waals surface area contributed by atoms with Crippen molar-refractivity contribution >= 4 is 29.3 Å². The molecule has 0 bridgehead atoms. The third kappa shape index (κ3) is 4.36. The summed E-state index contributed by atoms with van der Waals surface area (Å²) < 4.78 is 4.98. The van der Waals surface area contributed by atoms with Gasteiger partial charge in [-0.15, -0.1) is 11.8 Å². The zero-order chi connectivity index (χ0) is 15.1. The lowest BCUT2D eigenvalue weighted by molar-refractivity contribution is -0.119. The smallest absolute Gasteiger partial charge is 0.338 e. The van der Waals surface area contributed by atoms with Gasteiger partial charge < -0.3 is 10.1 Å². The summed E-state index contributed by atoms with van der Waals surface area (Å²) in [6.07, 6.45) is 1.93. The SMILES string of the molecule is CSc1ccccc1NC(=O)COC(=O)c1ccccc1. The molecule has 0 aromatic heterocycles. The van der Waals surface area contributed by atoms with Crippen LogP contribution in [0.4, 0.5) is 5.69 Å². The standard InChI is InChI=1S/C16H15NO3S/c1-21-14-10-6-5-9-13(14)17-15(18)11-20-16(19)12-7-3-2-4-8-12/h2-10H,11H2,1H3,(H,17,18). The first-order chi connectivity index (χ1) is 10.2. The molecule has 0 heterocycles. The van der Waals surface area contributed by atoms with E-state index in [4.69, 9.17) is 4.74 Å². The second-order valence-corrected chi connectivity index (χ2v) is 5.04. The Labute approximate surface area is 127 Å². The molecule has 0 radical (unpaired) electrons. The number of amides is 1. The van der Waals surface area contributed by atoms with Crippen LogP contribution in [0.5, 0.6) is 0 Å². The Morgan fingerprint density at radius 2 is 1.71 bits per heavy atom. The first-order valence-electron chi connectivity index (χ1n) is 6.36. The van der Waals surface area contributed by atoms with Crippen LogP contribution in [-0.4, -0.2) is 24.7 Å². The summed E-state index contributed by atoms with van der Waals surface area (Å²) in [4.78, 5) is 24.5. The van der Waals surface area contributed by atoms with Crippen LogP contribution < -0.4 is 5.32 Å². The van der Waals surface area contributed by atoms with Gasteiger partial charge in [0.05, 0.1) is 11.3 Å². The van der Waals surface area contributed by atoms with Crippen LogP contribution in [-0.2, 0) is 9.53 Å². The molecule has 0 aliphatic heterocycles. The lowest BCUT2D eigenvalue weighted by Gasteiger charge is -2.09. The average molecular weight is 301 g/mol. The number of esters is 1. The molecule has 0 saturated heterocycles. The second-order valence-electron chi connectivity index (χ2n) is 4.19. The average Bonchev–Trinajstić information content (AvgIpc) is 2.54. The van der Waals surface area contributed by atoms with E-state index in [1.807, 2.05) is 36.6 Å². The van der Waals surface area contributed by atoms with Gasteiger partial charge in [-0.25, -0.2) is 4.79 Å². The van der Waals surface area contributed by atoms with Crippen molar-refractivity contribution in [3.63, 3.8) is 0 Å². The third-order valence-electron chi connectivity index (χ3n) is 2.72. The van der Waals surface area contributed by atoms with Crippen LogP contribution in [0.2, 0.25) is 0 Å². The molecule has 1 N–H and O–H groups in total. The zero-order valence-electron chi connectivity index (χ0n) is 11.5. The van der Waals surface area contributed by atoms with Crippen molar-refractivity contribution in [1.29, 1.82) is 0 Å². The number of rotatable bonds is 5. The van der Waals surface area contributed by atoms with E-state index in [2.05, 4.69) is 5.32 Å². The van der Waals surface area contributed by atoms with Crippen molar-refractivity contribution in [2.75, 3.05) is 18.2 Å². The van der Waals surface area contributed by atoms with Gasteiger partial charge in [0.15, 0.2) is 6.61 Å². The fourth-order valence-corrected chi connectivity index (χ4v) is 2.28. The van der Waals surface area contributed by atoms with Crippen LogP contribution in [0.3, 0.4) is 0 Å². The Bertz CT molecular complexity index is 628. The summed E-state index contributed by atoms with van der Waals surface area (Å²) in [5.74, 6) is -0.871. The van der Waals surface area contributed by atoms with Crippen molar-refractivity contribution in [2.24, 2.45) is 0 Å². The fraction of sp³-hybridized carbons (Fsp3) is 0.125. The molecule has 2 aromatic carbocycles. The van der Waals surface area contributed by atoms with Gasteiger partial charge in [-0.3, -0.25) is 4.79 Å². The molecule has 5 heteroatoms. The topological polar surface area (TPSA) is 55.4 Å². The first kappa shape index (κ1) is 15.1. The molecule has 2 rings (SSSR count). The van der Waals surface area contributed by atoms with E-state index in [9.17, 15) is 9.59 Å². The summed E-state index contributed by atoms with van der Waals surface area (Å²) in [7, 11) is 0. The van der Waals surface area contributed by atoms with Crippen LogP contribution in [0.1, 0.15) is 10.4 Å². The highest BCUT2D eigenvalue weighted by molar-refractivity contribution is 7.98. The molecular weight excluding hydrogens is 286 g/mol. The first-order valence-corrected chi connectivity index (χ1v) is 7.58. The monoisotopic (exact) mass is 301 g/mol. The minimum atomic E-state index is -0.510. The number of carbonyl (C=O) groups is 2. The van der Waals surface area contributed by atoms with E-state index < -0.39 is 5.97 Å². The Hall–Kier alpha value is -2.27. The Morgan fingerprint density at radius 1 is 1.05 bits per heavy atom. The number of nitrogens with one attached hydrogen (secondary N) is 1. The highest BCUT2D eigenvalue weighted by Gasteiger charge is 2.10. The van der Waals surface area contributed by atoms with E-state index in [0.29, 0.717) is 11.3 Å². The highest BCUT2D eigenvalue weighted by Crippen LogP contribution is 2.24. The number of hydrogen-bond donors (Lipinski definition) is 1. The zero-order valence-corrected chi connectivity index (χ0v) is 12.4. The summed E-state index contributed by atoms with van der Waals surface area (Å²) in [5.41, 5.74) is 1.14. The lowest BCUT2D eigenvalue weighted by atomic mass is 10.2. The van der Waals surface area contributed by atoms with Gasteiger partial charge in [0.1, 0.15) is 0 Å². The molecule has 0 unspecified atom stereocenters. The summed E-state index contributed by atoms with van der Waals surface area (Å²) >= 11 is 1.54. The minimum Gasteiger partial charge on any atom is -0.452 e. The number of benzene rings is 2. The number of para-hydroxylation sites is 1. The van der Waals surface area contributed by atoms with E-state index in [0.717, 1.165) is 4.90 Å². The minimum absolute atomic E-state index is 0.309. The second kappa shape index (κ2) is 7.50. The van der Waals surface area contributed by atoms with Crippen LogP contribution in [0.25, 0.3) is 0 Å². The van der Waals surface area contributed by atoms with Crippen LogP contribution in [0.15, 0.2) is 59.5 Å². The van der Waals surface area contributed by atoms with Gasteiger partial charge in [-0.05, 0) is 30.5 Å². The van der Waals surface area contributed by atoms with Gasteiger partial charge in [-0.1, -0.05) is 30.3 Å². The maximum atomic E-state index is 11.8. The Morgan fingerprint density at radius 3 is 2.43 bits per heavy atom. The van der Waals surface area contributed by atoms with Crippen molar-refractivity contribution in [2.45, 2.75) is 4.90 Å². The highest BCUT2D eigenvalue weighted by atomic mass is 32.2. The lowest BCUT2D eigenvalue weighted by Crippen LogP contribution is -2.21. The van der Waals surface area contributed by atoms with Crippen molar-refractivity contribution in [3.8, 4) is 0 Å². The largest absolute Gasteiger partial charge is 0.452 e. The number of thioether (sulfide) groups is 1. The molecule has 0 saturated carbocycles. The summed E-state index contributed by atoms with van der Waals surface area (Å²) in [6.45, 7) is -0.309. The van der Waals surface area contributed by atoms with Gasteiger partial charge in [0, 0.05) is 4.90 Å². The normalized spacial score (nSPS) is 9.95. The Balaban J connectivity index is 1.89. The van der Waals surface area contributed by atoms with E-state index in [-0.39, 0.29) is 12.5 Å². The molecule has 0 aliphatic carbocycles. The van der Waals surface area contributed by atoms with Gasteiger partial charge in [0.25, 0.3) is 5.91 Å². The molecule has 108 valence electrons. The quantitative estimate of drug-likeness (QED) is 0.680. The molecule has 1 amide bonds. The van der Waals surface area contributed by atoms with Crippen molar-refractivity contribution in [1.82, 2.24) is 0 Å². The maximum Gasteiger partial charge on any atom is 0.338 e. The Kier molecular flexibility index (Phi) is 5.40. The molecule has 0 fully saturated rings. The van der Waals surface area contributed by atoms with Crippen molar-refractivity contribution < 1.29 is 14.3 Å². The summed E-state index contributed by atoms with van der Waals surface area (Å²) in [5, 5.41) is 2.73. The summed E-state index contributed by atoms with van der Waals surface area (Å²) in [6, 6.07) is 16.0. The third-order valence-corrected chi connectivity index (χ3v) is 3.52. The number of hydrogen-bond acceptors (Lipinski definition) is 4. The predicted molar refractivity (Wildman–Crippen MR) is 83.6 cm³/mol. The molecule has 0 spiro atoms. The van der Waals surface area contributed by atoms with E-state index >= 15 is 0 Å². The molecule has 21 heavy (non-hydrogen) atoms.